The Balaban J connectivity index is 1.38. The Morgan fingerprint density at radius 3 is 2.21 bits per heavy atom. The molecule has 1 N–H and O–H groups in total. The van der Waals surface area contributed by atoms with Crippen LogP contribution in [-0.4, -0.2) is 50.6 Å². The van der Waals surface area contributed by atoms with Gasteiger partial charge in [-0.15, -0.1) is 10.2 Å². The van der Waals surface area contributed by atoms with E-state index in [0.29, 0.717) is 5.82 Å². The van der Waals surface area contributed by atoms with E-state index in [1.165, 1.54) is 29.7 Å². The number of anilines is 1. The summed E-state index contributed by atoms with van der Waals surface area (Å²) in [5.41, 5.74) is 0.307. The number of fused-ring (bicyclic) bond motifs is 1. The summed E-state index contributed by atoms with van der Waals surface area (Å²) in [5.74, 6) is -1.48. The van der Waals surface area contributed by atoms with E-state index in [2.05, 4.69) is 15.5 Å². The maximum Gasteiger partial charge on any atom is 0.416 e. The van der Waals surface area contributed by atoms with E-state index in [1.807, 2.05) is 0 Å². The molecule has 0 atom stereocenters. The lowest BCUT2D eigenvalue weighted by Gasteiger charge is -2.15. The van der Waals surface area contributed by atoms with Crippen LogP contribution in [-0.2, 0) is 17.4 Å². The smallest absolute Gasteiger partial charge is 0.356 e. The minimum atomic E-state index is -4.58. The Bertz CT molecular complexity index is 1680. The molecular weight excluding hydrogens is 571 g/mol. The van der Waals surface area contributed by atoms with Crippen molar-refractivity contribution in [3.63, 3.8) is 0 Å². The lowest BCUT2D eigenvalue weighted by atomic mass is 10.1. The zero-order chi connectivity index (χ0) is 30.0. The van der Waals surface area contributed by atoms with Crippen molar-refractivity contribution in [2.24, 2.45) is 0 Å². The molecule has 9 nitrogen and oxygen atoms in total. The lowest BCUT2D eigenvalue weighted by molar-refractivity contribution is -0.137. The summed E-state index contributed by atoms with van der Waals surface area (Å²) in [4.78, 5) is 51.3. The molecule has 13 heteroatoms. The van der Waals surface area contributed by atoms with E-state index < -0.39 is 23.6 Å². The molecule has 0 saturated heterocycles. The average molecular weight is 594 g/mol. The summed E-state index contributed by atoms with van der Waals surface area (Å²) in [6.07, 6.45) is -4.40. The van der Waals surface area contributed by atoms with Crippen molar-refractivity contribution in [1.29, 1.82) is 0 Å². The normalized spacial score (nSPS) is 12.9. The Labute approximate surface area is 241 Å². The molecule has 1 aliphatic rings. The van der Waals surface area contributed by atoms with Gasteiger partial charge in [-0.3, -0.25) is 23.7 Å². The molecule has 3 amide bonds. The fourth-order valence-corrected chi connectivity index (χ4v) is 5.31. The summed E-state index contributed by atoms with van der Waals surface area (Å²) in [6.45, 7) is 1.52. The zero-order valence-corrected chi connectivity index (χ0v) is 22.8. The number of aromatic nitrogens is 3. The summed E-state index contributed by atoms with van der Waals surface area (Å²) >= 11 is 0.972. The van der Waals surface area contributed by atoms with Crippen molar-refractivity contribution in [2.75, 3.05) is 17.2 Å². The second-order valence-corrected chi connectivity index (χ2v) is 10.2. The van der Waals surface area contributed by atoms with Crippen LogP contribution >= 0.6 is 11.8 Å². The van der Waals surface area contributed by atoms with Crippen LogP contribution in [0.25, 0.3) is 5.69 Å². The minimum absolute atomic E-state index is 0.148. The number of rotatable bonds is 9. The van der Waals surface area contributed by atoms with Gasteiger partial charge in [-0.1, -0.05) is 42.1 Å². The molecule has 0 fully saturated rings. The van der Waals surface area contributed by atoms with Gasteiger partial charge in [0.25, 0.3) is 11.8 Å². The molecule has 2 heterocycles. The molecule has 42 heavy (non-hydrogen) atoms. The summed E-state index contributed by atoms with van der Waals surface area (Å²) < 4.78 is 41.7. The van der Waals surface area contributed by atoms with Gasteiger partial charge in [-0.05, 0) is 42.5 Å². The van der Waals surface area contributed by atoms with E-state index in [4.69, 9.17) is 0 Å². The van der Waals surface area contributed by atoms with Gasteiger partial charge >= 0.3 is 6.18 Å². The van der Waals surface area contributed by atoms with E-state index in [9.17, 15) is 32.3 Å². The second kappa shape index (κ2) is 11.6. The Kier molecular flexibility index (Phi) is 7.94. The molecular formula is C29H22F3N5O4S. The van der Waals surface area contributed by atoms with Crippen LogP contribution in [0.3, 0.4) is 0 Å². The third-order valence-corrected chi connectivity index (χ3v) is 7.34. The number of benzene rings is 3. The van der Waals surface area contributed by atoms with Gasteiger partial charge in [0, 0.05) is 31.1 Å². The topological polar surface area (TPSA) is 114 Å². The highest BCUT2D eigenvalue weighted by molar-refractivity contribution is 7.99. The Morgan fingerprint density at radius 2 is 1.55 bits per heavy atom. The lowest BCUT2D eigenvalue weighted by Crippen LogP contribution is -2.29. The van der Waals surface area contributed by atoms with Gasteiger partial charge in [-0.25, -0.2) is 4.90 Å². The number of imide groups is 1. The van der Waals surface area contributed by atoms with Gasteiger partial charge in [0.2, 0.25) is 5.91 Å². The van der Waals surface area contributed by atoms with Crippen molar-refractivity contribution in [3.05, 3.63) is 101 Å². The highest BCUT2D eigenvalue weighted by Gasteiger charge is 2.36. The number of carbonyl (C=O) groups is 4. The number of ketones is 1. The van der Waals surface area contributed by atoms with Crippen LogP contribution < -0.4 is 10.2 Å². The standard InChI is InChI=1S/C29H22F3N5O4S/c1-17(38)33-13-12-25-34-35-28(36(25)21-9-5-7-19(15-21)29(30,31)32)42-16-24(39)18-6-4-8-20(14-18)37-26(40)22-10-2-3-11-23(22)27(37)41/h2-11,14-15H,12-13,16H2,1H3,(H,33,38). The summed E-state index contributed by atoms with van der Waals surface area (Å²) in [7, 11) is 0. The zero-order valence-electron chi connectivity index (χ0n) is 22.0. The van der Waals surface area contributed by atoms with Crippen molar-refractivity contribution < 1.29 is 32.3 Å². The van der Waals surface area contributed by atoms with E-state index in [1.54, 1.807) is 42.5 Å². The molecule has 3 aromatic carbocycles. The Hall–Kier alpha value is -4.78. The third-order valence-electron chi connectivity index (χ3n) is 6.41. The van der Waals surface area contributed by atoms with Crippen LogP contribution in [0.15, 0.2) is 78.0 Å². The maximum atomic E-state index is 13.4. The number of halogens is 3. The van der Waals surface area contributed by atoms with E-state index in [-0.39, 0.29) is 63.6 Å². The molecule has 1 aliphatic heterocycles. The molecule has 4 aromatic rings. The van der Waals surface area contributed by atoms with Crippen LogP contribution in [0.2, 0.25) is 0 Å². The molecule has 0 saturated carbocycles. The molecule has 0 radical (unpaired) electrons. The van der Waals surface area contributed by atoms with Gasteiger partial charge < -0.3 is 5.32 Å². The number of nitrogens with zero attached hydrogens (tertiary/aromatic N) is 4. The quantitative estimate of drug-likeness (QED) is 0.169. The summed E-state index contributed by atoms with van der Waals surface area (Å²) in [5, 5.41) is 11.0. The molecule has 1 aromatic heterocycles. The first-order chi connectivity index (χ1) is 20.0. The largest absolute Gasteiger partial charge is 0.416 e. The van der Waals surface area contributed by atoms with Gasteiger partial charge in [0.05, 0.1) is 28.1 Å². The van der Waals surface area contributed by atoms with Crippen LogP contribution in [0.4, 0.5) is 18.9 Å². The van der Waals surface area contributed by atoms with Gasteiger partial charge in [-0.2, -0.15) is 13.2 Å². The molecule has 0 aliphatic carbocycles. The summed E-state index contributed by atoms with van der Waals surface area (Å²) in [6, 6.07) is 17.2. The fourth-order valence-electron chi connectivity index (χ4n) is 4.44. The van der Waals surface area contributed by atoms with Gasteiger partial charge in [0.15, 0.2) is 10.9 Å². The molecule has 0 spiro atoms. The molecule has 0 bridgehead atoms. The fraction of sp³-hybridized carbons (Fsp3) is 0.172. The minimum Gasteiger partial charge on any atom is -0.356 e. The van der Waals surface area contributed by atoms with Crippen molar-refractivity contribution in [2.45, 2.75) is 24.7 Å². The average Bonchev–Trinajstić information content (AvgIpc) is 3.49. The number of carbonyl (C=O) groups excluding carboxylic acids is 4. The van der Waals surface area contributed by atoms with E-state index in [0.717, 1.165) is 28.8 Å². The number of nitrogens with one attached hydrogen (secondary N) is 1. The predicted molar refractivity (Wildman–Crippen MR) is 148 cm³/mol. The van der Waals surface area contributed by atoms with Crippen molar-refractivity contribution in [3.8, 4) is 5.69 Å². The molecule has 5 rings (SSSR count). The first-order valence-corrected chi connectivity index (χ1v) is 13.6. The predicted octanol–water partition coefficient (Wildman–Crippen LogP) is 4.74. The number of Topliss-reactive ketones (excluding diaryl/α,β-unsaturated/α-hetero) is 1. The first-order valence-electron chi connectivity index (χ1n) is 12.6. The number of amides is 3. The Morgan fingerprint density at radius 1 is 0.881 bits per heavy atom. The van der Waals surface area contributed by atoms with Crippen LogP contribution in [0.5, 0.6) is 0 Å². The molecule has 214 valence electrons. The monoisotopic (exact) mass is 593 g/mol. The highest BCUT2D eigenvalue weighted by Crippen LogP contribution is 2.32. The number of thioether (sulfide) groups is 1. The van der Waals surface area contributed by atoms with Crippen molar-refractivity contribution >= 4 is 41.0 Å². The van der Waals surface area contributed by atoms with Crippen LogP contribution in [0, 0.1) is 0 Å². The second-order valence-electron chi connectivity index (χ2n) is 9.27. The number of hydrogen-bond donors (Lipinski definition) is 1. The maximum absolute atomic E-state index is 13.4. The van der Waals surface area contributed by atoms with E-state index >= 15 is 0 Å². The number of hydrogen-bond acceptors (Lipinski definition) is 7. The van der Waals surface area contributed by atoms with Crippen LogP contribution in [0.1, 0.15) is 49.4 Å². The van der Waals surface area contributed by atoms with Crippen molar-refractivity contribution in [1.82, 2.24) is 20.1 Å². The first kappa shape index (κ1) is 28.7. The SMILES string of the molecule is CC(=O)NCCc1nnc(SCC(=O)c2cccc(N3C(=O)c4ccccc4C3=O)c2)n1-c1cccc(C(F)(F)F)c1. The molecule has 0 unspecified atom stereocenters. The highest BCUT2D eigenvalue weighted by atomic mass is 32.2. The number of alkyl halides is 3. The van der Waals surface area contributed by atoms with Gasteiger partial charge in [0.1, 0.15) is 5.82 Å². The third kappa shape index (κ3) is 5.81.